The highest BCUT2D eigenvalue weighted by Crippen LogP contribution is 2.20. The van der Waals surface area contributed by atoms with Gasteiger partial charge in [-0.1, -0.05) is 105 Å². The van der Waals surface area contributed by atoms with Gasteiger partial charge in [0.15, 0.2) is 60.1 Å². The Morgan fingerprint density at radius 1 is 0.409 bits per heavy atom. The third kappa shape index (κ3) is 100. The van der Waals surface area contributed by atoms with Gasteiger partial charge in [-0.3, -0.25) is 38.5 Å². The number of amides is 6. The standard InChI is InChI=1S/C11H21NO.C11H20O2.2C10H16N.C9H17NO.C9H14N.C8H11NO2.C8H15NO2.C8H14O3.C7H13NO.C7H12O2.C7H14/c1-5-6-7-8-9-10(13)12-11(2,3)4;1-5-6-7-8-9-10(12)13-11(2,3)4;1-9-5-7-11(8-6-9)10(2,3)4;1-9-7-5-6-8-11(9)10(2,3)4;1-5-8(11)10-7-6-9(2,3)4;1-9(2,3)10-7-5-4-6-8-10;1-8(2,3)9-6(10)4-5-7(9)11;1-5-7(10)9-6-11-8(2,3)4;1-5-7(9)10-6-11-8(2,3)4;1-5-6(9)8-7(2,3)4;1-5-6(8)9-7(2,3)4;1-5-6-7(2,3)4/h5H,1,6-9H2,2-4H3,(H,12,13);5H,1,6-9H2,2-4H3;2*5-8H,1-4H3;5H,1,6-7H2,2-4H3,(H,10,11);4-8H,1-3H3;4-5H,1-3H3;5H,1,6H2,2-4H3,(H,9,10);5H,1,6H2,2-4H3;5H,1H2,2-4H3,(H,8,9);5H,1H2,2-4H3;5H,1,6H2,2-4H3/q;;2*+1;;+1;;;;;;. The number of allylic oxidation sites excluding steroid dienone is 3. The summed E-state index contributed by atoms with van der Waals surface area (Å²) < 4.78 is 31.6. The first kappa shape index (κ1) is 133. The average molecular weight is 1780 g/mol. The van der Waals surface area contributed by atoms with E-state index in [0.717, 1.165) is 70.1 Å². The summed E-state index contributed by atoms with van der Waals surface area (Å²) in [6, 6.07) is 16.6. The molecule has 22 heteroatoms. The summed E-state index contributed by atoms with van der Waals surface area (Å²) in [6.45, 7) is 105. The van der Waals surface area contributed by atoms with E-state index in [2.05, 4.69) is 271 Å². The maximum atomic E-state index is 11.3. The van der Waals surface area contributed by atoms with Gasteiger partial charge in [0.25, 0.3) is 11.8 Å². The van der Waals surface area contributed by atoms with E-state index in [1.165, 1.54) is 46.5 Å². The lowest BCUT2D eigenvalue weighted by Gasteiger charge is -2.29. The van der Waals surface area contributed by atoms with Crippen molar-refractivity contribution in [2.24, 2.45) is 10.8 Å². The SMILES string of the molecule is C=CC(=O)NC(C)(C)C.C=CC(=O)NCCC(C)(C)C.C=CC(=O)NCOC(C)(C)C.C=CC(=O)OC(C)(C)C.C=CC(=O)OCOC(C)(C)C.C=CCC(C)(C)C.C=CCCCCC(=O)NC(C)(C)C.C=CCCCCC(=O)OC(C)(C)C.CC(C)(C)N1C(=O)C=CC1=O.CC(C)(C)[n+]1ccccc1.Cc1cc[n+](C(C)(C)C)cc1.Cc1cccc[n+]1C(C)(C)C. The summed E-state index contributed by atoms with van der Waals surface area (Å²) in [5, 5.41) is 10.9. The highest BCUT2D eigenvalue weighted by molar-refractivity contribution is 6.13. The highest BCUT2D eigenvalue weighted by atomic mass is 16.7. The fourth-order valence-corrected chi connectivity index (χ4v) is 8.69. The molecule has 3 aromatic heterocycles. The molecule has 3 aromatic rings. The van der Waals surface area contributed by atoms with E-state index in [1.54, 1.807) is 0 Å². The van der Waals surface area contributed by atoms with Crippen LogP contribution in [0.15, 0.2) is 193 Å². The summed E-state index contributed by atoms with van der Waals surface area (Å²) >= 11 is 0. The number of hydrogen-bond acceptors (Lipinski definition) is 14. The van der Waals surface area contributed by atoms with E-state index in [4.69, 9.17) is 18.9 Å². The van der Waals surface area contributed by atoms with E-state index < -0.39 is 17.1 Å². The van der Waals surface area contributed by atoms with E-state index >= 15 is 0 Å². The van der Waals surface area contributed by atoms with Crippen molar-refractivity contribution < 1.29 is 80.5 Å². The number of ether oxygens (including phenoxy) is 5. The fourth-order valence-electron chi connectivity index (χ4n) is 8.69. The Morgan fingerprint density at radius 2 is 0.819 bits per heavy atom. The van der Waals surface area contributed by atoms with E-state index in [1.807, 2.05) is 182 Å². The number of carbonyl (C=O) groups is 9. The molecule has 0 bridgehead atoms. The second-order valence-electron chi connectivity index (χ2n) is 42.0. The van der Waals surface area contributed by atoms with Crippen molar-refractivity contribution in [1.82, 2.24) is 26.2 Å². The van der Waals surface area contributed by atoms with Crippen LogP contribution in [0.2, 0.25) is 0 Å². The molecule has 0 spiro atoms. The van der Waals surface area contributed by atoms with Crippen LogP contribution in [0.1, 0.15) is 325 Å². The first-order chi connectivity index (χ1) is 57.3. The molecule has 0 fully saturated rings. The van der Waals surface area contributed by atoms with Crippen molar-refractivity contribution in [3.63, 3.8) is 0 Å². The van der Waals surface area contributed by atoms with Crippen LogP contribution in [-0.4, -0.2) is 117 Å². The van der Waals surface area contributed by atoms with Crippen LogP contribution >= 0.6 is 0 Å². The maximum Gasteiger partial charge on any atom is 0.332 e. The molecule has 4 heterocycles. The zero-order valence-corrected chi connectivity index (χ0v) is 87.1. The molecule has 0 atom stereocenters. The molecule has 1 aliphatic rings. The van der Waals surface area contributed by atoms with Gasteiger partial charge in [0.05, 0.1) is 11.2 Å². The van der Waals surface area contributed by atoms with Crippen molar-refractivity contribution in [3.8, 4) is 0 Å². The van der Waals surface area contributed by atoms with Crippen molar-refractivity contribution in [3.05, 3.63) is 204 Å². The van der Waals surface area contributed by atoms with Crippen LogP contribution < -0.4 is 35.0 Å². The number of pyridine rings is 3. The molecular weight excluding hydrogens is 1600 g/mol. The Bertz CT molecular complexity index is 3520. The van der Waals surface area contributed by atoms with Gasteiger partial charge in [0.2, 0.25) is 23.6 Å². The Morgan fingerprint density at radius 3 is 1.11 bits per heavy atom. The van der Waals surface area contributed by atoms with Crippen molar-refractivity contribution in [1.29, 1.82) is 0 Å². The minimum absolute atomic E-state index is 0.0195. The molecule has 0 aromatic carbocycles. The van der Waals surface area contributed by atoms with Crippen LogP contribution in [0.4, 0.5) is 0 Å². The lowest BCUT2D eigenvalue weighted by Crippen LogP contribution is -2.51. The highest BCUT2D eigenvalue weighted by Gasteiger charge is 2.33. The van der Waals surface area contributed by atoms with Crippen molar-refractivity contribution in [2.45, 2.75) is 383 Å². The van der Waals surface area contributed by atoms with Gasteiger partial charge in [0, 0.05) is 166 Å². The number of rotatable bonds is 22. The van der Waals surface area contributed by atoms with Gasteiger partial charge < -0.3 is 45.0 Å². The molecule has 0 radical (unpaired) electrons. The normalized spacial score (nSPS) is 11.7. The first-order valence-corrected chi connectivity index (χ1v) is 43.8. The van der Waals surface area contributed by atoms with Crippen molar-refractivity contribution in [2.75, 3.05) is 20.1 Å². The van der Waals surface area contributed by atoms with Gasteiger partial charge in [-0.2, -0.15) is 4.57 Å². The van der Waals surface area contributed by atoms with Gasteiger partial charge in [-0.05, 0) is 238 Å². The van der Waals surface area contributed by atoms with Crippen LogP contribution in [-0.2, 0) is 83.5 Å². The molecular formula is C105H183N8O14+3. The largest absolute Gasteiger partial charge is 0.460 e. The van der Waals surface area contributed by atoms with Crippen molar-refractivity contribution >= 4 is 53.4 Å². The minimum atomic E-state index is -0.464. The maximum absolute atomic E-state index is 11.3. The zero-order valence-electron chi connectivity index (χ0n) is 87.1. The molecule has 0 aliphatic carbocycles. The van der Waals surface area contributed by atoms with Crippen LogP contribution in [0, 0.1) is 24.7 Å². The summed E-state index contributed by atoms with van der Waals surface area (Å²) in [5.74, 6) is -1.65. The van der Waals surface area contributed by atoms with Gasteiger partial charge in [0.1, 0.15) is 17.9 Å². The molecule has 127 heavy (non-hydrogen) atoms. The lowest BCUT2D eigenvalue weighted by molar-refractivity contribution is -0.759. The summed E-state index contributed by atoms with van der Waals surface area (Å²) in [6.07, 6.45) is 34.0. The number of imide groups is 1. The number of hydrogen-bond donors (Lipinski definition) is 4. The third-order valence-corrected chi connectivity index (χ3v) is 14.7. The van der Waals surface area contributed by atoms with Gasteiger partial charge in [-0.25, -0.2) is 18.7 Å². The molecule has 1 aliphatic heterocycles. The molecule has 4 N–H and O–H groups in total. The predicted octanol–water partition coefficient (Wildman–Crippen LogP) is 21.7. The smallest absolute Gasteiger partial charge is 0.332 e. The van der Waals surface area contributed by atoms with Gasteiger partial charge >= 0.3 is 17.9 Å². The number of aryl methyl sites for hydroxylation is 2. The number of carbonyl (C=O) groups excluding carboxylic acids is 9. The number of nitrogens with zero attached hydrogens (tertiary/aromatic N) is 4. The summed E-state index contributed by atoms with van der Waals surface area (Å²) in [5.41, 5.74) is 2.05. The van der Waals surface area contributed by atoms with E-state index in [0.29, 0.717) is 18.3 Å². The molecule has 0 saturated heterocycles. The zero-order chi connectivity index (χ0) is 101. The summed E-state index contributed by atoms with van der Waals surface area (Å²) in [4.78, 5) is 98.6. The molecule has 22 nitrogen and oxygen atoms in total. The second kappa shape index (κ2) is 66.8. The fraction of sp³-hybridized carbons (Fsp3) is 0.600. The predicted molar refractivity (Wildman–Crippen MR) is 528 cm³/mol. The number of unbranched alkanes of at least 4 members (excludes halogenated alkanes) is 4. The minimum Gasteiger partial charge on any atom is -0.460 e. The molecule has 0 saturated carbocycles. The van der Waals surface area contributed by atoms with Crippen LogP contribution in [0.5, 0.6) is 0 Å². The number of esters is 3. The topological polar surface area (TPSA) is 263 Å². The summed E-state index contributed by atoms with van der Waals surface area (Å²) in [7, 11) is 0. The molecule has 724 valence electrons. The molecule has 0 unspecified atom stereocenters. The number of nitrogens with one attached hydrogen (secondary N) is 4. The third-order valence-electron chi connectivity index (χ3n) is 14.7. The molecule has 6 amide bonds. The molecule has 4 rings (SSSR count). The quantitative estimate of drug-likeness (QED) is 0.0107. The Kier molecular flexibility index (Phi) is 69.9. The Labute approximate surface area is 774 Å². The van der Waals surface area contributed by atoms with Gasteiger partial charge in [-0.15, -0.1) is 19.7 Å². The first-order valence-electron chi connectivity index (χ1n) is 43.8. The Hall–Kier alpha value is -9.54. The average Bonchev–Trinajstić information content (AvgIpc) is 1.69. The van der Waals surface area contributed by atoms with E-state index in [9.17, 15) is 43.2 Å². The van der Waals surface area contributed by atoms with Crippen LogP contribution in [0.25, 0.3) is 0 Å². The second-order valence-corrected chi connectivity index (χ2v) is 42.0. The number of aromatic nitrogens is 3. The monoisotopic (exact) mass is 1780 g/mol. The lowest BCUT2D eigenvalue weighted by atomic mass is 9.92. The van der Waals surface area contributed by atoms with E-state index in [-0.39, 0.29) is 111 Å². The Balaban J connectivity index is -0.000000203. The van der Waals surface area contributed by atoms with Crippen LogP contribution in [0.3, 0.4) is 0 Å².